The van der Waals surface area contributed by atoms with Gasteiger partial charge in [-0.3, -0.25) is 0 Å². The van der Waals surface area contributed by atoms with E-state index in [1.165, 1.54) is 6.07 Å². The molecule has 0 unspecified atom stereocenters. The van der Waals surface area contributed by atoms with Crippen LogP contribution in [0.25, 0.3) is 10.7 Å². The number of nitrogens with one attached hydrogen (secondary N) is 1. The molecule has 0 saturated carbocycles. The van der Waals surface area contributed by atoms with Gasteiger partial charge in [-0.1, -0.05) is 0 Å². The Balaban J connectivity index is 1.61. The molecule has 3 aromatic rings. The van der Waals surface area contributed by atoms with E-state index in [1.54, 1.807) is 13.0 Å². The van der Waals surface area contributed by atoms with Gasteiger partial charge in [-0.05, 0) is 0 Å². The maximum absolute atomic E-state index is 12.8. The van der Waals surface area contributed by atoms with Crippen LogP contribution in [-0.4, -0.2) is 33.2 Å². The molecule has 2 aromatic heterocycles. The van der Waals surface area contributed by atoms with Crippen molar-refractivity contribution in [2.75, 3.05) is 0 Å². The average molecular weight is 518 g/mol. The van der Waals surface area contributed by atoms with E-state index in [4.69, 9.17) is 4.52 Å². The summed E-state index contributed by atoms with van der Waals surface area (Å²) >= 11 is 0.0526. The molecule has 1 aliphatic rings. The zero-order valence-electron chi connectivity index (χ0n) is 13.8. The molecule has 142 valence electrons. The molecule has 4 rings (SSSR count). The van der Waals surface area contributed by atoms with Crippen LogP contribution in [0.3, 0.4) is 0 Å². The number of aromatic nitrogens is 2. The number of halogens is 1. The van der Waals surface area contributed by atoms with E-state index in [0.717, 1.165) is 16.9 Å². The summed E-state index contributed by atoms with van der Waals surface area (Å²) in [4.78, 5) is 16.5. The zero-order valence-corrected chi connectivity index (χ0v) is 17.6. The fraction of sp³-hybridized carbons (Fsp3) is 0.188. The Morgan fingerprint density at radius 3 is 2.67 bits per heavy atom. The Hall–Kier alpha value is -1.83. The molecule has 11 heteroatoms. The van der Waals surface area contributed by atoms with Crippen LogP contribution in [0.4, 0.5) is 0 Å². The molecule has 27 heavy (non-hydrogen) atoms. The van der Waals surface area contributed by atoms with Crippen LogP contribution in [-0.2, 0) is 14.8 Å². The molecule has 0 spiro atoms. The number of aryl methyl sites for hydroxylation is 1. The molecular weight excluding hydrogens is 505 g/mol. The molecule has 1 fully saturated rings. The number of thiophene rings is 1. The van der Waals surface area contributed by atoms with Crippen LogP contribution in [0.1, 0.15) is 15.4 Å². The fourth-order valence-corrected chi connectivity index (χ4v) is 9.13. The van der Waals surface area contributed by atoms with Gasteiger partial charge in [-0.25, -0.2) is 0 Å². The van der Waals surface area contributed by atoms with Crippen molar-refractivity contribution in [3.63, 3.8) is 0 Å². The van der Waals surface area contributed by atoms with E-state index in [-0.39, 0.29) is 8.13 Å². The Labute approximate surface area is 168 Å². The summed E-state index contributed by atoms with van der Waals surface area (Å²) in [6, 6.07) is 12.1. The summed E-state index contributed by atoms with van der Waals surface area (Å²) in [6.07, 6.45) is 0. The molecule has 2 N–H and O–H groups in total. The van der Waals surface area contributed by atoms with Crippen molar-refractivity contribution in [2.24, 2.45) is 0 Å². The van der Waals surface area contributed by atoms with Gasteiger partial charge < -0.3 is 0 Å². The molecule has 8 nitrogen and oxygen atoms in total. The second-order valence-corrected chi connectivity index (χ2v) is 12.3. The summed E-state index contributed by atoms with van der Waals surface area (Å²) in [5, 5.41) is 13.5. The summed E-state index contributed by atoms with van der Waals surface area (Å²) in [5.74, 6) is -0.467. The van der Waals surface area contributed by atoms with Crippen molar-refractivity contribution >= 4 is 27.3 Å². The summed E-state index contributed by atoms with van der Waals surface area (Å²) in [7, 11) is -3.99. The van der Waals surface area contributed by atoms with Crippen molar-refractivity contribution in [3.8, 4) is 10.7 Å². The number of alkyl halides is 2. The predicted octanol–water partition coefficient (Wildman–Crippen LogP) is -0.990. The number of carboxylic acid groups (broad SMARTS) is 1. The van der Waals surface area contributed by atoms with Gasteiger partial charge in [0.15, 0.2) is 0 Å². The fourth-order valence-electron chi connectivity index (χ4n) is 2.56. The second kappa shape index (κ2) is 6.65. The number of carbonyl (C=O) groups is 1. The van der Waals surface area contributed by atoms with Crippen molar-refractivity contribution in [1.82, 2.24) is 14.9 Å². The maximum atomic E-state index is 12.8. The number of hydrogen-bond acceptors (Lipinski definition) is 7. The summed E-state index contributed by atoms with van der Waals surface area (Å²) in [5.41, 5.74) is 0.838. The second-order valence-electron chi connectivity index (χ2n) is 5.76. The normalized spacial score (nSPS) is 22.2. The summed E-state index contributed by atoms with van der Waals surface area (Å²) in [6.45, 7) is 1.64. The first-order chi connectivity index (χ1) is 12.8. The van der Waals surface area contributed by atoms with Gasteiger partial charge >= 0.3 is 169 Å². The number of aliphatic carboxylic acids is 1. The van der Waals surface area contributed by atoms with Crippen LogP contribution < -0.4 is 25.9 Å². The van der Waals surface area contributed by atoms with Crippen molar-refractivity contribution in [2.45, 2.75) is 18.6 Å². The number of sulfonamides is 1. The first-order valence-electron chi connectivity index (χ1n) is 7.69. The molecule has 1 aromatic carbocycles. The van der Waals surface area contributed by atoms with Gasteiger partial charge in [0.2, 0.25) is 0 Å². The molecule has 0 bridgehead atoms. The monoisotopic (exact) mass is 518 g/mol. The SMILES string of the molecule is Cc1nc(-c2ccc(S(=O)(=O)N[C@@]3(C(=O)O)[I-][C@@H]3c3ccccc3)s2)no1. The van der Waals surface area contributed by atoms with E-state index in [1.807, 2.05) is 30.3 Å². The molecule has 2 atom stereocenters. The van der Waals surface area contributed by atoms with Crippen LogP contribution in [0.15, 0.2) is 51.2 Å². The molecule has 3 heterocycles. The first kappa shape index (κ1) is 18.5. The van der Waals surface area contributed by atoms with Gasteiger partial charge in [0.1, 0.15) is 0 Å². The number of carboxylic acids is 1. The molecule has 0 amide bonds. The van der Waals surface area contributed by atoms with Crippen molar-refractivity contribution < 1.29 is 44.0 Å². The molecule has 0 aliphatic carbocycles. The van der Waals surface area contributed by atoms with Crippen molar-refractivity contribution in [1.29, 1.82) is 0 Å². The average Bonchev–Trinajstić information content (AvgIpc) is 2.98. The first-order valence-corrected chi connectivity index (χ1v) is 12.3. The number of benzene rings is 1. The zero-order chi connectivity index (χ0) is 19.2. The third-order valence-electron chi connectivity index (χ3n) is 3.86. The third kappa shape index (κ3) is 3.39. The number of nitrogens with zero attached hydrogens (tertiary/aromatic N) is 2. The Morgan fingerprint density at radius 1 is 1.30 bits per heavy atom. The Bertz CT molecular complexity index is 1110. The van der Waals surface area contributed by atoms with Gasteiger partial charge in [-0.2, -0.15) is 0 Å². The van der Waals surface area contributed by atoms with Crippen molar-refractivity contribution in [3.05, 3.63) is 53.9 Å². The van der Waals surface area contributed by atoms with Crippen LogP contribution >= 0.6 is 11.3 Å². The van der Waals surface area contributed by atoms with Gasteiger partial charge in [0, 0.05) is 0 Å². The van der Waals surface area contributed by atoms with E-state index in [0.29, 0.717) is 16.6 Å². The number of rotatable bonds is 6. The van der Waals surface area contributed by atoms with E-state index < -0.39 is 40.7 Å². The van der Waals surface area contributed by atoms with Crippen LogP contribution in [0, 0.1) is 6.92 Å². The van der Waals surface area contributed by atoms with E-state index in [2.05, 4.69) is 14.9 Å². The van der Waals surface area contributed by atoms with E-state index >= 15 is 0 Å². The molecular formula is C16H13IN3O5S2-. The predicted molar refractivity (Wildman–Crippen MR) is 92.2 cm³/mol. The van der Waals surface area contributed by atoms with E-state index in [9.17, 15) is 18.3 Å². The molecule has 1 saturated heterocycles. The number of hydrogen-bond donors (Lipinski definition) is 2. The molecule has 0 radical (unpaired) electrons. The van der Waals surface area contributed by atoms with Crippen LogP contribution in [0.5, 0.6) is 0 Å². The quantitative estimate of drug-likeness (QED) is 0.244. The standard InChI is InChI=1S/C16H13IN3O5S2/c1-9-18-14(19-25-9)11-7-8-12(26-11)27(23,24)20-16(15(21)22)13(17-16)10-5-3-2-4-6-10/h2-8,13,20H,1H3,(H,21,22)/q-1/t13-,16+/m1/s1. The third-order valence-corrected chi connectivity index (χ3v) is 11.2. The minimum atomic E-state index is -3.99. The minimum absolute atomic E-state index is 0.0169. The Kier molecular flexibility index (Phi) is 4.56. The van der Waals surface area contributed by atoms with Gasteiger partial charge in [-0.15, -0.1) is 0 Å². The van der Waals surface area contributed by atoms with Crippen LogP contribution in [0.2, 0.25) is 0 Å². The molecule has 1 aliphatic heterocycles. The topological polar surface area (TPSA) is 122 Å². The summed E-state index contributed by atoms with van der Waals surface area (Å²) < 4.78 is 31.3. The van der Waals surface area contributed by atoms with Gasteiger partial charge in [0.25, 0.3) is 0 Å². The van der Waals surface area contributed by atoms with Gasteiger partial charge in [0.05, 0.1) is 0 Å². The Morgan fingerprint density at radius 2 is 2.04 bits per heavy atom.